The molecule has 3 aliphatic rings. The van der Waals surface area contributed by atoms with Crippen LogP contribution in [0, 0.1) is 12.8 Å². The number of hydrogen-bond acceptors (Lipinski definition) is 4. The first-order valence-corrected chi connectivity index (χ1v) is 11.6. The van der Waals surface area contributed by atoms with Gasteiger partial charge in [-0.05, 0) is 70.5 Å². The minimum absolute atomic E-state index is 0.0272. The van der Waals surface area contributed by atoms with E-state index in [2.05, 4.69) is 20.0 Å². The SMILES string of the molecule is Cc1cc(C(=O)NCC2CCCN3CCCCC23)c2cnn(C3CCCC3)c2n1. The van der Waals surface area contributed by atoms with Gasteiger partial charge in [0, 0.05) is 18.3 Å². The van der Waals surface area contributed by atoms with Crippen molar-refractivity contribution in [3.05, 3.63) is 23.5 Å². The summed E-state index contributed by atoms with van der Waals surface area (Å²) in [5.41, 5.74) is 2.49. The average molecular weight is 396 g/mol. The van der Waals surface area contributed by atoms with Crippen LogP contribution in [-0.2, 0) is 0 Å². The fraction of sp³-hybridized carbons (Fsp3) is 0.696. The Morgan fingerprint density at radius 1 is 1.10 bits per heavy atom. The second-order valence-electron chi connectivity index (χ2n) is 9.29. The minimum Gasteiger partial charge on any atom is -0.352 e. The van der Waals surface area contributed by atoms with Gasteiger partial charge in [-0.15, -0.1) is 0 Å². The molecule has 1 saturated carbocycles. The van der Waals surface area contributed by atoms with Crippen LogP contribution in [0.2, 0.25) is 0 Å². The standard InChI is InChI=1S/C23H33N5O/c1-16-13-19(20-15-25-28(22(20)26-16)18-8-2-3-9-18)23(29)24-14-17-7-6-12-27-11-5-4-10-21(17)27/h13,15,17-18,21H,2-12,14H2,1H3,(H,24,29). The molecule has 2 aromatic heterocycles. The fourth-order valence-electron chi connectivity index (χ4n) is 5.88. The van der Waals surface area contributed by atoms with Gasteiger partial charge in [0.2, 0.25) is 0 Å². The summed E-state index contributed by atoms with van der Waals surface area (Å²) in [4.78, 5) is 20.6. The predicted molar refractivity (Wildman–Crippen MR) is 114 cm³/mol. The summed E-state index contributed by atoms with van der Waals surface area (Å²) in [6.45, 7) is 5.22. The van der Waals surface area contributed by atoms with Gasteiger partial charge in [-0.25, -0.2) is 9.67 Å². The molecular weight excluding hydrogens is 362 g/mol. The topological polar surface area (TPSA) is 63.1 Å². The maximum atomic E-state index is 13.2. The second kappa shape index (κ2) is 8.05. The molecule has 1 aliphatic carbocycles. The summed E-state index contributed by atoms with van der Waals surface area (Å²) >= 11 is 0. The van der Waals surface area contributed by atoms with E-state index in [9.17, 15) is 4.79 Å². The molecular formula is C23H33N5O. The van der Waals surface area contributed by atoms with Crippen molar-refractivity contribution in [2.45, 2.75) is 76.8 Å². The van der Waals surface area contributed by atoms with Crippen LogP contribution in [-0.4, -0.2) is 51.2 Å². The Morgan fingerprint density at radius 2 is 1.90 bits per heavy atom. The molecule has 29 heavy (non-hydrogen) atoms. The largest absolute Gasteiger partial charge is 0.352 e. The van der Waals surface area contributed by atoms with Crippen LogP contribution in [0.1, 0.15) is 79.9 Å². The Labute approximate surface area is 173 Å². The van der Waals surface area contributed by atoms with Crippen molar-refractivity contribution >= 4 is 16.9 Å². The maximum Gasteiger partial charge on any atom is 0.252 e. The highest BCUT2D eigenvalue weighted by molar-refractivity contribution is 6.05. The lowest BCUT2D eigenvalue weighted by atomic mass is 9.83. The molecule has 0 radical (unpaired) electrons. The molecule has 2 atom stereocenters. The summed E-state index contributed by atoms with van der Waals surface area (Å²) in [5.74, 6) is 0.604. The van der Waals surface area contributed by atoms with Crippen LogP contribution in [0.3, 0.4) is 0 Å². The number of carbonyl (C=O) groups excluding carboxylic acids is 1. The van der Waals surface area contributed by atoms with Crippen LogP contribution in [0.25, 0.3) is 11.0 Å². The number of aromatic nitrogens is 3. The summed E-state index contributed by atoms with van der Waals surface area (Å²) in [6.07, 6.45) is 13.1. The summed E-state index contributed by atoms with van der Waals surface area (Å²) in [5, 5.41) is 8.79. The smallest absolute Gasteiger partial charge is 0.252 e. The van der Waals surface area contributed by atoms with E-state index in [0.29, 0.717) is 18.0 Å². The lowest BCUT2D eigenvalue weighted by Crippen LogP contribution is -2.51. The van der Waals surface area contributed by atoms with Crippen molar-refractivity contribution in [1.82, 2.24) is 25.0 Å². The van der Waals surface area contributed by atoms with Gasteiger partial charge in [0.05, 0.1) is 23.2 Å². The van der Waals surface area contributed by atoms with Gasteiger partial charge in [0.25, 0.3) is 5.91 Å². The molecule has 0 bridgehead atoms. The quantitative estimate of drug-likeness (QED) is 0.854. The highest BCUT2D eigenvalue weighted by Gasteiger charge is 2.33. The van der Waals surface area contributed by atoms with Crippen LogP contribution in [0.4, 0.5) is 0 Å². The number of hydrogen-bond donors (Lipinski definition) is 1. The van der Waals surface area contributed by atoms with Crippen molar-refractivity contribution in [2.24, 2.45) is 5.92 Å². The molecule has 4 heterocycles. The number of fused-ring (bicyclic) bond motifs is 2. The molecule has 0 spiro atoms. The minimum atomic E-state index is 0.0272. The van der Waals surface area contributed by atoms with Gasteiger partial charge >= 0.3 is 0 Å². The molecule has 0 aromatic carbocycles. The van der Waals surface area contributed by atoms with E-state index in [-0.39, 0.29) is 5.91 Å². The summed E-state index contributed by atoms with van der Waals surface area (Å²) < 4.78 is 2.06. The van der Waals surface area contributed by atoms with Crippen LogP contribution in [0.5, 0.6) is 0 Å². The Morgan fingerprint density at radius 3 is 2.76 bits per heavy atom. The maximum absolute atomic E-state index is 13.2. The number of pyridine rings is 1. The van der Waals surface area contributed by atoms with Gasteiger partial charge in [-0.1, -0.05) is 19.3 Å². The van der Waals surface area contributed by atoms with Crippen LogP contribution < -0.4 is 5.32 Å². The third-order valence-electron chi connectivity index (χ3n) is 7.36. The zero-order valence-electron chi connectivity index (χ0n) is 17.6. The van der Waals surface area contributed by atoms with E-state index in [1.807, 2.05) is 19.2 Å². The number of piperidine rings is 2. The molecule has 1 amide bonds. The Kier molecular flexibility index (Phi) is 5.29. The number of amides is 1. The Balaban J connectivity index is 1.34. The summed E-state index contributed by atoms with van der Waals surface area (Å²) in [6, 6.07) is 3.01. The van der Waals surface area contributed by atoms with Crippen molar-refractivity contribution < 1.29 is 4.79 Å². The monoisotopic (exact) mass is 395 g/mol. The third-order valence-corrected chi connectivity index (χ3v) is 7.36. The number of nitrogens with zero attached hydrogens (tertiary/aromatic N) is 4. The molecule has 2 aromatic rings. The lowest BCUT2D eigenvalue weighted by molar-refractivity contribution is 0.0576. The first-order chi connectivity index (χ1) is 14.2. The predicted octanol–water partition coefficient (Wildman–Crippen LogP) is 3.85. The van der Waals surface area contributed by atoms with E-state index >= 15 is 0 Å². The number of carbonyl (C=O) groups is 1. The summed E-state index contributed by atoms with van der Waals surface area (Å²) in [7, 11) is 0. The lowest BCUT2D eigenvalue weighted by Gasteiger charge is -2.44. The molecule has 1 N–H and O–H groups in total. The number of rotatable bonds is 4. The van der Waals surface area contributed by atoms with E-state index in [1.165, 1.54) is 58.0 Å². The number of nitrogens with one attached hydrogen (secondary N) is 1. The molecule has 6 heteroatoms. The highest BCUT2D eigenvalue weighted by atomic mass is 16.1. The van der Waals surface area contributed by atoms with E-state index in [1.54, 1.807) is 0 Å². The van der Waals surface area contributed by atoms with E-state index in [0.717, 1.165) is 41.7 Å². The van der Waals surface area contributed by atoms with Gasteiger partial charge in [-0.3, -0.25) is 4.79 Å². The zero-order valence-corrected chi connectivity index (χ0v) is 17.6. The fourth-order valence-corrected chi connectivity index (χ4v) is 5.88. The number of aryl methyl sites for hydroxylation is 1. The Hall–Kier alpha value is -1.95. The highest BCUT2D eigenvalue weighted by Crippen LogP contribution is 2.33. The van der Waals surface area contributed by atoms with Gasteiger partial charge in [0.1, 0.15) is 0 Å². The van der Waals surface area contributed by atoms with Gasteiger partial charge in [0.15, 0.2) is 5.65 Å². The van der Waals surface area contributed by atoms with Crippen LogP contribution >= 0.6 is 0 Å². The van der Waals surface area contributed by atoms with E-state index < -0.39 is 0 Å². The Bertz CT molecular complexity index is 883. The molecule has 5 rings (SSSR count). The first kappa shape index (κ1) is 19.0. The van der Waals surface area contributed by atoms with Crippen molar-refractivity contribution in [2.75, 3.05) is 19.6 Å². The molecule has 3 fully saturated rings. The van der Waals surface area contributed by atoms with Gasteiger partial charge < -0.3 is 10.2 Å². The molecule has 2 saturated heterocycles. The van der Waals surface area contributed by atoms with Crippen LogP contribution in [0.15, 0.2) is 12.3 Å². The zero-order chi connectivity index (χ0) is 19.8. The average Bonchev–Trinajstić information content (AvgIpc) is 3.41. The van der Waals surface area contributed by atoms with Gasteiger partial charge in [-0.2, -0.15) is 5.10 Å². The molecule has 2 unspecified atom stereocenters. The van der Waals surface area contributed by atoms with Crippen molar-refractivity contribution in [3.63, 3.8) is 0 Å². The molecule has 6 nitrogen and oxygen atoms in total. The van der Waals surface area contributed by atoms with Crippen molar-refractivity contribution in [3.8, 4) is 0 Å². The second-order valence-corrected chi connectivity index (χ2v) is 9.29. The third kappa shape index (κ3) is 3.67. The normalized spacial score (nSPS) is 26.0. The van der Waals surface area contributed by atoms with E-state index in [4.69, 9.17) is 4.98 Å². The molecule has 2 aliphatic heterocycles. The molecule has 156 valence electrons. The van der Waals surface area contributed by atoms with Crippen molar-refractivity contribution in [1.29, 1.82) is 0 Å². The first-order valence-electron chi connectivity index (χ1n) is 11.6.